The van der Waals surface area contributed by atoms with Gasteiger partial charge in [-0.15, -0.1) is 0 Å². The van der Waals surface area contributed by atoms with Crippen LogP contribution in [0.4, 0.5) is 0 Å². The number of benzene rings is 3. The molecular formula is C32H31N7. The fraction of sp³-hybridized carbons (Fsp3) is 0.250. The molecule has 6 aromatic rings. The largest absolute Gasteiger partial charge is 0.308 e. The molecule has 6 rings (SSSR count). The van der Waals surface area contributed by atoms with E-state index in [1.54, 1.807) is 0 Å². The van der Waals surface area contributed by atoms with Crippen LogP contribution in [-0.4, -0.2) is 34.5 Å². The van der Waals surface area contributed by atoms with Gasteiger partial charge in [-0.2, -0.15) is 0 Å². The minimum absolute atomic E-state index is 0.0129. The lowest BCUT2D eigenvalue weighted by Gasteiger charge is -2.20. The highest BCUT2D eigenvalue weighted by Gasteiger charge is 2.21. The van der Waals surface area contributed by atoms with E-state index in [9.17, 15) is 0 Å². The van der Waals surface area contributed by atoms with E-state index in [1.807, 2.05) is 27.7 Å². The van der Waals surface area contributed by atoms with Crippen molar-refractivity contribution in [1.82, 2.24) is 34.5 Å². The van der Waals surface area contributed by atoms with E-state index in [-0.39, 0.29) is 5.41 Å². The van der Waals surface area contributed by atoms with Crippen molar-refractivity contribution in [2.24, 2.45) is 0 Å². The van der Waals surface area contributed by atoms with Gasteiger partial charge in [-0.05, 0) is 69.0 Å². The Labute approximate surface area is 228 Å². The van der Waals surface area contributed by atoms with Gasteiger partial charge >= 0.3 is 0 Å². The summed E-state index contributed by atoms with van der Waals surface area (Å²) in [6.45, 7) is 14.3. The van der Waals surface area contributed by atoms with Gasteiger partial charge in [0, 0.05) is 21.9 Å². The normalized spacial score (nSPS) is 12.0. The lowest BCUT2D eigenvalue weighted by atomic mass is 9.86. The summed E-state index contributed by atoms with van der Waals surface area (Å²) in [7, 11) is 0. The molecule has 0 spiro atoms. The highest BCUT2D eigenvalue weighted by Crippen LogP contribution is 2.38. The van der Waals surface area contributed by atoms with E-state index in [1.165, 1.54) is 16.3 Å². The number of hydrogen-bond acceptors (Lipinski definition) is 6. The molecule has 7 nitrogen and oxygen atoms in total. The number of nitrogens with zero attached hydrogens (tertiary/aromatic N) is 7. The predicted octanol–water partition coefficient (Wildman–Crippen LogP) is 7.02. The molecule has 3 aromatic heterocycles. The van der Waals surface area contributed by atoms with E-state index in [2.05, 4.69) is 106 Å². The maximum absolute atomic E-state index is 4.77. The van der Waals surface area contributed by atoms with Crippen LogP contribution in [0.2, 0.25) is 0 Å². The van der Waals surface area contributed by atoms with Crippen molar-refractivity contribution >= 4 is 21.8 Å². The lowest BCUT2D eigenvalue weighted by molar-refractivity contribution is 0.591. The zero-order valence-electron chi connectivity index (χ0n) is 23.4. The van der Waals surface area contributed by atoms with Crippen LogP contribution in [0, 0.1) is 27.7 Å². The minimum atomic E-state index is 0.0129. The number of aryl methyl sites for hydroxylation is 4. The lowest BCUT2D eigenvalue weighted by Crippen LogP contribution is -2.11. The van der Waals surface area contributed by atoms with E-state index in [0.717, 1.165) is 27.8 Å². The summed E-state index contributed by atoms with van der Waals surface area (Å²) in [6, 6.07) is 21.6. The molecule has 0 bridgehead atoms. The smallest absolute Gasteiger partial charge is 0.165 e. The molecule has 3 aromatic carbocycles. The first-order valence-corrected chi connectivity index (χ1v) is 13.2. The van der Waals surface area contributed by atoms with Crippen LogP contribution < -0.4 is 0 Å². The van der Waals surface area contributed by atoms with E-state index in [4.69, 9.17) is 9.97 Å². The first-order valence-electron chi connectivity index (χ1n) is 13.2. The van der Waals surface area contributed by atoms with Crippen molar-refractivity contribution in [2.75, 3.05) is 0 Å². The zero-order chi connectivity index (χ0) is 27.5. The van der Waals surface area contributed by atoms with Crippen molar-refractivity contribution in [3.05, 3.63) is 89.5 Å². The van der Waals surface area contributed by atoms with Crippen LogP contribution in [-0.2, 0) is 5.41 Å². The van der Waals surface area contributed by atoms with Gasteiger partial charge in [0.05, 0.1) is 16.7 Å². The van der Waals surface area contributed by atoms with E-state index < -0.39 is 0 Å². The van der Waals surface area contributed by atoms with Crippen LogP contribution in [0.5, 0.6) is 0 Å². The molecule has 39 heavy (non-hydrogen) atoms. The van der Waals surface area contributed by atoms with Gasteiger partial charge in [-0.25, -0.2) is 29.9 Å². The standard InChI is InChI=1S/C32H31N7/c1-18-33-19(2)36-30(35-18)22-12-15-28(26(16-22)31-37-20(3)34-21(4)38-31)39-27-11-9-8-10-24(27)25-14-13-23(17-29(25)39)32(5,6)7/h8-17H,1-7H3. The highest BCUT2D eigenvalue weighted by molar-refractivity contribution is 6.10. The van der Waals surface area contributed by atoms with Gasteiger partial charge in [-0.1, -0.05) is 51.1 Å². The van der Waals surface area contributed by atoms with E-state index in [0.29, 0.717) is 34.9 Å². The fourth-order valence-electron chi connectivity index (χ4n) is 5.23. The molecule has 0 amide bonds. The molecule has 0 aliphatic carbocycles. The molecule has 194 valence electrons. The maximum atomic E-state index is 4.77. The third kappa shape index (κ3) is 4.44. The Morgan fingerprint density at radius 1 is 0.564 bits per heavy atom. The second kappa shape index (κ2) is 9.05. The van der Waals surface area contributed by atoms with Crippen LogP contribution in [0.25, 0.3) is 50.3 Å². The quantitative estimate of drug-likeness (QED) is 0.253. The van der Waals surface area contributed by atoms with Gasteiger partial charge in [0.1, 0.15) is 23.3 Å². The molecule has 0 saturated heterocycles. The third-order valence-corrected chi connectivity index (χ3v) is 6.99. The van der Waals surface area contributed by atoms with Crippen molar-refractivity contribution in [1.29, 1.82) is 0 Å². The summed E-state index contributed by atoms with van der Waals surface area (Å²) in [5, 5.41) is 2.41. The fourth-order valence-corrected chi connectivity index (χ4v) is 5.23. The topological polar surface area (TPSA) is 82.3 Å². The average molecular weight is 514 g/mol. The molecule has 0 N–H and O–H groups in total. The SMILES string of the molecule is Cc1nc(C)nc(-c2ccc(-n3c4ccccc4c4ccc(C(C)(C)C)cc43)c(-c3nc(C)nc(C)n3)c2)n1. The Morgan fingerprint density at radius 2 is 1.15 bits per heavy atom. The molecule has 0 fully saturated rings. The van der Waals surface area contributed by atoms with Gasteiger partial charge in [0.2, 0.25) is 0 Å². The Bertz CT molecular complexity index is 1850. The van der Waals surface area contributed by atoms with Crippen LogP contribution in [0.1, 0.15) is 49.6 Å². The van der Waals surface area contributed by atoms with E-state index >= 15 is 0 Å². The van der Waals surface area contributed by atoms with Crippen LogP contribution >= 0.6 is 0 Å². The summed E-state index contributed by atoms with van der Waals surface area (Å²) < 4.78 is 2.33. The van der Waals surface area contributed by atoms with Gasteiger partial charge in [0.25, 0.3) is 0 Å². The van der Waals surface area contributed by atoms with Gasteiger partial charge in [0.15, 0.2) is 11.6 Å². The molecule has 0 aliphatic rings. The molecule has 7 heteroatoms. The monoisotopic (exact) mass is 513 g/mol. The number of fused-ring (bicyclic) bond motifs is 3. The van der Waals surface area contributed by atoms with Crippen molar-refractivity contribution in [3.63, 3.8) is 0 Å². The Morgan fingerprint density at radius 3 is 1.79 bits per heavy atom. The second-order valence-electron chi connectivity index (χ2n) is 11.1. The summed E-state index contributed by atoms with van der Waals surface area (Å²) in [6.07, 6.45) is 0. The maximum Gasteiger partial charge on any atom is 0.165 e. The summed E-state index contributed by atoms with van der Waals surface area (Å²) in [5.74, 6) is 3.99. The minimum Gasteiger partial charge on any atom is -0.308 e. The first kappa shape index (κ1) is 24.8. The highest BCUT2D eigenvalue weighted by atomic mass is 15.0. The molecule has 3 heterocycles. The van der Waals surface area contributed by atoms with Crippen LogP contribution in [0.3, 0.4) is 0 Å². The number of aromatic nitrogens is 7. The Kier molecular flexibility index (Phi) is 5.75. The summed E-state index contributed by atoms with van der Waals surface area (Å²) in [5.41, 5.74) is 6.33. The summed E-state index contributed by atoms with van der Waals surface area (Å²) in [4.78, 5) is 27.6. The Hall–Kier alpha value is -4.52. The summed E-state index contributed by atoms with van der Waals surface area (Å²) >= 11 is 0. The van der Waals surface area contributed by atoms with Crippen molar-refractivity contribution < 1.29 is 0 Å². The number of para-hydroxylation sites is 1. The molecule has 0 radical (unpaired) electrons. The Balaban J connectivity index is 1.71. The molecule has 0 atom stereocenters. The average Bonchev–Trinajstić information content (AvgIpc) is 3.20. The third-order valence-electron chi connectivity index (χ3n) is 6.99. The van der Waals surface area contributed by atoms with Crippen molar-refractivity contribution in [2.45, 2.75) is 53.9 Å². The molecule has 0 aliphatic heterocycles. The van der Waals surface area contributed by atoms with Crippen molar-refractivity contribution in [3.8, 4) is 28.5 Å². The number of hydrogen-bond donors (Lipinski definition) is 0. The molecular weight excluding hydrogens is 482 g/mol. The molecule has 0 unspecified atom stereocenters. The van der Waals surface area contributed by atoms with Gasteiger partial charge in [-0.3, -0.25) is 0 Å². The number of rotatable bonds is 3. The van der Waals surface area contributed by atoms with Crippen LogP contribution in [0.15, 0.2) is 60.7 Å². The van der Waals surface area contributed by atoms with Gasteiger partial charge < -0.3 is 4.57 Å². The predicted molar refractivity (Wildman–Crippen MR) is 156 cm³/mol. The first-order chi connectivity index (χ1) is 18.6. The molecule has 0 saturated carbocycles. The zero-order valence-corrected chi connectivity index (χ0v) is 23.4. The second-order valence-corrected chi connectivity index (χ2v) is 11.1.